The molecule has 0 aromatic heterocycles. The Hall–Kier alpha value is -0.0800. The van der Waals surface area contributed by atoms with Crippen LogP contribution in [0.4, 0.5) is 0 Å². The van der Waals surface area contributed by atoms with E-state index in [9.17, 15) is 0 Å². The van der Waals surface area contributed by atoms with Crippen molar-refractivity contribution in [3.63, 3.8) is 0 Å². The predicted molar refractivity (Wildman–Crippen MR) is 80.9 cm³/mol. The SMILES string of the molecule is CC(C)CNCCCCCN1CC(C)CC(C)C1. The molecule has 2 unspecified atom stereocenters. The monoisotopic (exact) mass is 254 g/mol. The average molecular weight is 254 g/mol. The van der Waals surface area contributed by atoms with Crippen LogP contribution in [0.25, 0.3) is 0 Å². The van der Waals surface area contributed by atoms with Gasteiger partial charge in [-0.15, -0.1) is 0 Å². The van der Waals surface area contributed by atoms with Gasteiger partial charge in [0.25, 0.3) is 0 Å². The third kappa shape index (κ3) is 7.38. The van der Waals surface area contributed by atoms with E-state index in [4.69, 9.17) is 0 Å². The van der Waals surface area contributed by atoms with Crippen LogP contribution in [-0.2, 0) is 0 Å². The number of nitrogens with one attached hydrogen (secondary N) is 1. The Kier molecular flexibility index (Phi) is 7.92. The number of hydrogen-bond acceptors (Lipinski definition) is 2. The molecule has 1 heterocycles. The molecule has 0 radical (unpaired) electrons. The first-order chi connectivity index (χ1) is 8.58. The Morgan fingerprint density at radius 1 is 1.06 bits per heavy atom. The first-order valence-electron chi connectivity index (χ1n) is 8.01. The normalized spacial score (nSPS) is 25.8. The topological polar surface area (TPSA) is 15.3 Å². The zero-order chi connectivity index (χ0) is 13.4. The maximum Gasteiger partial charge on any atom is 0.000724 e. The summed E-state index contributed by atoms with van der Waals surface area (Å²) in [5.41, 5.74) is 0. The maximum atomic E-state index is 3.52. The number of nitrogens with zero attached hydrogens (tertiary/aromatic N) is 1. The molecule has 0 spiro atoms. The summed E-state index contributed by atoms with van der Waals surface area (Å²) in [5.74, 6) is 2.59. The van der Waals surface area contributed by atoms with E-state index in [1.54, 1.807) is 0 Å². The fraction of sp³-hybridized carbons (Fsp3) is 1.00. The van der Waals surface area contributed by atoms with Crippen molar-refractivity contribution in [2.75, 3.05) is 32.7 Å². The van der Waals surface area contributed by atoms with E-state index < -0.39 is 0 Å². The minimum Gasteiger partial charge on any atom is -0.316 e. The number of likely N-dealkylation sites (tertiary alicyclic amines) is 1. The maximum absolute atomic E-state index is 3.52. The summed E-state index contributed by atoms with van der Waals surface area (Å²) in [6, 6.07) is 0. The van der Waals surface area contributed by atoms with Gasteiger partial charge in [-0.05, 0) is 56.7 Å². The summed E-state index contributed by atoms with van der Waals surface area (Å²) >= 11 is 0. The first-order valence-corrected chi connectivity index (χ1v) is 8.01. The lowest BCUT2D eigenvalue weighted by molar-refractivity contribution is 0.139. The van der Waals surface area contributed by atoms with Gasteiger partial charge in [0, 0.05) is 13.1 Å². The van der Waals surface area contributed by atoms with Gasteiger partial charge in [-0.3, -0.25) is 0 Å². The largest absolute Gasteiger partial charge is 0.316 e. The molecule has 0 saturated carbocycles. The van der Waals surface area contributed by atoms with Crippen LogP contribution in [0.2, 0.25) is 0 Å². The van der Waals surface area contributed by atoms with Gasteiger partial charge < -0.3 is 10.2 Å². The molecule has 2 nitrogen and oxygen atoms in total. The third-order valence-electron chi connectivity index (χ3n) is 3.82. The van der Waals surface area contributed by atoms with E-state index in [0.29, 0.717) is 0 Å². The van der Waals surface area contributed by atoms with E-state index in [2.05, 4.69) is 37.9 Å². The van der Waals surface area contributed by atoms with Crippen molar-refractivity contribution in [1.82, 2.24) is 10.2 Å². The van der Waals surface area contributed by atoms with Crippen molar-refractivity contribution >= 4 is 0 Å². The molecule has 0 bridgehead atoms. The minimum absolute atomic E-state index is 0.779. The summed E-state index contributed by atoms with van der Waals surface area (Å²) in [6.07, 6.45) is 5.52. The molecule has 2 heteroatoms. The van der Waals surface area contributed by atoms with Gasteiger partial charge in [0.15, 0.2) is 0 Å². The highest BCUT2D eigenvalue weighted by atomic mass is 15.1. The number of hydrogen-bond donors (Lipinski definition) is 1. The van der Waals surface area contributed by atoms with Crippen LogP contribution in [0, 0.1) is 17.8 Å². The molecule has 18 heavy (non-hydrogen) atoms. The molecular formula is C16H34N2. The van der Waals surface area contributed by atoms with Crippen LogP contribution >= 0.6 is 0 Å². The highest BCUT2D eigenvalue weighted by Gasteiger charge is 2.20. The fourth-order valence-corrected chi connectivity index (χ4v) is 3.13. The lowest BCUT2D eigenvalue weighted by Crippen LogP contribution is -2.39. The molecule has 1 fully saturated rings. The van der Waals surface area contributed by atoms with Gasteiger partial charge in [0.05, 0.1) is 0 Å². The molecule has 1 N–H and O–H groups in total. The molecule has 0 aromatic carbocycles. The molecule has 1 aliphatic heterocycles. The standard InChI is InChI=1S/C16H34N2/c1-14(2)11-17-8-6-5-7-9-18-12-15(3)10-16(4)13-18/h14-17H,5-13H2,1-4H3. The second kappa shape index (κ2) is 8.92. The van der Waals surface area contributed by atoms with Gasteiger partial charge in [0.2, 0.25) is 0 Å². The van der Waals surface area contributed by atoms with Gasteiger partial charge in [-0.2, -0.15) is 0 Å². The van der Waals surface area contributed by atoms with Crippen LogP contribution in [0.5, 0.6) is 0 Å². The molecule has 0 aromatic rings. The van der Waals surface area contributed by atoms with Crippen LogP contribution in [0.1, 0.15) is 53.4 Å². The smallest absolute Gasteiger partial charge is 0.000724 e. The van der Waals surface area contributed by atoms with Crippen LogP contribution in [0.15, 0.2) is 0 Å². The molecule has 0 aliphatic carbocycles. The number of piperidine rings is 1. The van der Waals surface area contributed by atoms with Crippen molar-refractivity contribution in [3.8, 4) is 0 Å². The van der Waals surface area contributed by atoms with Gasteiger partial charge in [-0.1, -0.05) is 34.1 Å². The summed E-state index contributed by atoms with van der Waals surface area (Å²) < 4.78 is 0. The molecule has 1 saturated heterocycles. The molecule has 1 rings (SSSR count). The lowest BCUT2D eigenvalue weighted by Gasteiger charge is -2.34. The second-order valence-corrected chi connectivity index (χ2v) is 6.86. The molecule has 2 atom stereocenters. The van der Waals surface area contributed by atoms with Crippen LogP contribution in [-0.4, -0.2) is 37.6 Å². The Morgan fingerprint density at radius 3 is 2.33 bits per heavy atom. The molecule has 108 valence electrons. The highest BCUT2D eigenvalue weighted by molar-refractivity contribution is 4.74. The zero-order valence-electron chi connectivity index (χ0n) is 13.0. The van der Waals surface area contributed by atoms with Crippen molar-refractivity contribution in [2.45, 2.75) is 53.4 Å². The van der Waals surface area contributed by atoms with E-state index in [1.165, 1.54) is 58.4 Å². The Labute approximate surface area is 115 Å². The predicted octanol–water partition coefficient (Wildman–Crippen LogP) is 3.38. The van der Waals surface area contributed by atoms with Crippen molar-refractivity contribution < 1.29 is 0 Å². The van der Waals surface area contributed by atoms with E-state index >= 15 is 0 Å². The Balaban J connectivity index is 1.94. The Morgan fingerprint density at radius 2 is 1.72 bits per heavy atom. The molecule has 1 aliphatic rings. The summed E-state index contributed by atoms with van der Waals surface area (Å²) in [4.78, 5) is 2.68. The zero-order valence-corrected chi connectivity index (χ0v) is 13.0. The van der Waals surface area contributed by atoms with E-state index in [-0.39, 0.29) is 0 Å². The van der Waals surface area contributed by atoms with Crippen molar-refractivity contribution in [2.24, 2.45) is 17.8 Å². The highest BCUT2D eigenvalue weighted by Crippen LogP contribution is 2.21. The van der Waals surface area contributed by atoms with E-state index in [0.717, 1.165) is 17.8 Å². The summed E-state index contributed by atoms with van der Waals surface area (Å²) in [6.45, 7) is 15.7. The number of rotatable bonds is 8. The summed E-state index contributed by atoms with van der Waals surface area (Å²) in [7, 11) is 0. The molecule has 0 amide bonds. The second-order valence-electron chi connectivity index (χ2n) is 6.86. The minimum atomic E-state index is 0.779. The van der Waals surface area contributed by atoms with Crippen LogP contribution < -0.4 is 5.32 Å². The average Bonchev–Trinajstić information content (AvgIpc) is 2.26. The lowest BCUT2D eigenvalue weighted by atomic mass is 9.92. The van der Waals surface area contributed by atoms with Crippen LogP contribution in [0.3, 0.4) is 0 Å². The van der Waals surface area contributed by atoms with Crippen molar-refractivity contribution in [1.29, 1.82) is 0 Å². The number of unbranched alkanes of at least 4 members (excludes halogenated alkanes) is 2. The Bertz CT molecular complexity index is 193. The van der Waals surface area contributed by atoms with Gasteiger partial charge in [0.1, 0.15) is 0 Å². The van der Waals surface area contributed by atoms with Gasteiger partial charge in [-0.25, -0.2) is 0 Å². The quantitative estimate of drug-likeness (QED) is 0.668. The van der Waals surface area contributed by atoms with Gasteiger partial charge >= 0.3 is 0 Å². The first kappa shape index (κ1) is 16.0. The van der Waals surface area contributed by atoms with E-state index in [1.807, 2.05) is 0 Å². The third-order valence-corrected chi connectivity index (χ3v) is 3.82. The summed E-state index contributed by atoms with van der Waals surface area (Å²) in [5, 5.41) is 3.52. The van der Waals surface area contributed by atoms with Crippen molar-refractivity contribution in [3.05, 3.63) is 0 Å². The fourth-order valence-electron chi connectivity index (χ4n) is 3.13. The molecular weight excluding hydrogens is 220 g/mol.